The van der Waals surface area contributed by atoms with Crippen LogP contribution in [0.4, 0.5) is 5.69 Å². The largest absolute Gasteiger partial charge is 0.465 e. The number of aryl methyl sites for hydroxylation is 1. The minimum Gasteiger partial charge on any atom is -0.465 e. The molecule has 0 aliphatic heterocycles. The first-order valence-electron chi connectivity index (χ1n) is 7.61. The first-order chi connectivity index (χ1) is 10.1. The van der Waals surface area contributed by atoms with Crippen LogP contribution < -0.4 is 5.32 Å². The van der Waals surface area contributed by atoms with Crippen LogP contribution in [0.1, 0.15) is 54.4 Å². The highest BCUT2D eigenvalue weighted by Crippen LogP contribution is 2.25. The third kappa shape index (κ3) is 4.06. The first kappa shape index (κ1) is 15.5. The molecular formula is C17H23NO3. The molecule has 1 N–H and O–H groups in total. The fraction of sp³-hybridized carbons (Fsp3) is 0.529. The van der Waals surface area contributed by atoms with Gasteiger partial charge in [-0.1, -0.05) is 37.3 Å². The Bertz CT molecular complexity index is 517. The lowest BCUT2D eigenvalue weighted by Gasteiger charge is -2.16. The predicted molar refractivity (Wildman–Crippen MR) is 82.3 cm³/mol. The van der Waals surface area contributed by atoms with Gasteiger partial charge in [0.1, 0.15) is 0 Å². The van der Waals surface area contributed by atoms with Gasteiger partial charge in [0.25, 0.3) is 0 Å². The van der Waals surface area contributed by atoms with Gasteiger partial charge in [-0.2, -0.15) is 0 Å². The van der Waals surface area contributed by atoms with E-state index in [-0.39, 0.29) is 11.8 Å². The minimum atomic E-state index is -0.421. The fourth-order valence-electron chi connectivity index (χ4n) is 2.82. The molecule has 4 nitrogen and oxygen atoms in total. The van der Waals surface area contributed by atoms with Crippen LogP contribution in [0.15, 0.2) is 18.2 Å². The highest BCUT2D eigenvalue weighted by molar-refractivity contribution is 6.02. The molecule has 21 heavy (non-hydrogen) atoms. The first-order valence-corrected chi connectivity index (χ1v) is 7.61. The zero-order valence-corrected chi connectivity index (χ0v) is 12.8. The molecule has 4 heteroatoms. The highest BCUT2D eigenvalue weighted by atomic mass is 16.5. The molecule has 1 aliphatic rings. The van der Waals surface area contributed by atoms with Gasteiger partial charge < -0.3 is 10.1 Å². The van der Waals surface area contributed by atoms with Crippen molar-refractivity contribution < 1.29 is 14.3 Å². The van der Waals surface area contributed by atoms with Gasteiger partial charge in [0.2, 0.25) is 5.91 Å². The number of carbonyl (C=O) groups excluding carboxylic acids is 2. The number of methoxy groups -OCH3 is 1. The summed E-state index contributed by atoms with van der Waals surface area (Å²) in [6, 6.07) is 5.40. The summed E-state index contributed by atoms with van der Waals surface area (Å²) in [6.45, 7) is 1.91. The molecule has 0 radical (unpaired) electrons. The summed E-state index contributed by atoms with van der Waals surface area (Å²) in [5.74, 6) is -0.347. The summed E-state index contributed by atoms with van der Waals surface area (Å²) in [6.07, 6.45) is 6.51. The number of anilines is 1. The van der Waals surface area contributed by atoms with Crippen molar-refractivity contribution in [3.63, 3.8) is 0 Å². The molecule has 114 valence electrons. The van der Waals surface area contributed by atoms with E-state index in [1.165, 1.54) is 20.0 Å². The lowest BCUT2D eigenvalue weighted by molar-refractivity contribution is -0.120. The summed E-state index contributed by atoms with van der Waals surface area (Å²) >= 11 is 0. The van der Waals surface area contributed by atoms with Crippen LogP contribution in [0, 0.1) is 12.8 Å². The number of ether oxygens (including phenoxy) is 1. The van der Waals surface area contributed by atoms with Crippen LogP contribution in [0.25, 0.3) is 0 Å². The van der Waals surface area contributed by atoms with E-state index in [4.69, 9.17) is 4.74 Å². The molecule has 1 saturated carbocycles. The van der Waals surface area contributed by atoms with Gasteiger partial charge in [-0.25, -0.2) is 4.79 Å². The maximum absolute atomic E-state index is 12.4. The van der Waals surface area contributed by atoms with Gasteiger partial charge in [0, 0.05) is 5.92 Å². The maximum Gasteiger partial charge on any atom is 0.339 e. The lowest BCUT2D eigenvalue weighted by atomic mass is 9.99. The molecule has 0 bridgehead atoms. The third-order valence-electron chi connectivity index (χ3n) is 4.06. The molecule has 0 atom stereocenters. The van der Waals surface area contributed by atoms with Crippen LogP contribution in [0.3, 0.4) is 0 Å². The molecule has 0 spiro atoms. The average Bonchev–Trinajstić information content (AvgIpc) is 2.77. The van der Waals surface area contributed by atoms with Crippen molar-refractivity contribution in [1.82, 2.24) is 0 Å². The number of carbonyl (C=O) groups is 2. The van der Waals surface area contributed by atoms with E-state index in [1.807, 2.05) is 13.0 Å². The highest BCUT2D eigenvalue weighted by Gasteiger charge is 2.22. The molecule has 1 aromatic rings. The summed E-state index contributed by atoms with van der Waals surface area (Å²) in [5.41, 5.74) is 1.92. The summed E-state index contributed by atoms with van der Waals surface area (Å²) in [7, 11) is 1.35. The van der Waals surface area contributed by atoms with Gasteiger partial charge in [-0.15, -0.1) is 0 Å². The van der Waals surface area contributed by atoms with Gasteiger partial charge in [0.05, 0.1) is 18.4 Å². The Kier molecular flexibility index (Phi) is 5.37. The normalized spacial score (nSPS) is 16.1. The number of rotatable bonds is 3. The van der Waals surface area contributed by atoms with Gasteiger partial charge >= 0.3 is 5.97 Å². The smallest absolute Gasteiger partial charge is 0.339 e. The Labute approximate surface area is 125 Å². The van der Waals surface area contributed by atoms with E-state index in [1.54, 1.807) is 12.1 Å². The number of benzene rings is 1. The van der Waals surface area contributed by atoms with E-state index in [0.717, 1.165) is 31.2 Å². The van der Waals surface area contributed by atoms with Crippen LogP contribution in [-0.2, 0) is 9.53 Å². The van der Waals surface area contributed by atoms with E-state index in [2.05, 4.69) is 5.32 Å². The molecule has 0 saturated heterocycles. The zero-order chi connectivity index (χ0) is 15.2. The van der Waals surface area contributed by atoms with E-state index >= 15 is 0 Å². The quantitative estimate of drug-likeness (QED) is 0.682. The summed E-state index contributed by atoms with van der Waals surface area (Å²) in [5, 5.41) is 2.91. The van der Waals surface area contributed by atoms with Crippen LogP contribution in [0.2, 0.25) is 0 Å². The second-order valence-corrected chi connectivity index (χ2v) is 5.72. The van der Waals surface area contributed by atoms with Crippen LogP contribution in [-0.4, -0.2) is 19.0 Å². The number of nitrogens with one attached hydrogen (secondary N) is 1. The molecule has 0 aromatic heterocycles. The Balaban J connectivity index is 2.14. The number of hydrogen-bond donors (Lipinski definition) is 1. The molecule has 1 amide bonds. The third-order valence-corrected chi connectivity index (χ3v) is 4.06. The maximum atomic E-state index is 12.4. The molecular weight excluding hydrogens is 266 g/mol. The van der Waals surface area contributed by atoms with Crippen LogP contribution in [0.5, 0.6) is 0 Å². The van der Waals surface area contributed by atoms with Crippen molar-refractivity contribution in [2.24, 2.45) is 5.92 Å². The topological polar surface area (TPSA) is 55.4 Å². The van der Waals surface area contributed by atoms with Crippen LogP contribution >= 0.6 is 0 Å². The average molecular weight is 289 g/mol. The van der Waals surface area contributed by atoms with Crippen molar-refractivity contribution in [3.05, 3.63) is 29.3 Å². The van der Waals surface area contributed by atoms with Crippen molar-refractivity contribution in [2.45, 2.75) is 45.4 Å². The van der Waals surface area contributed by atoms with Gasteiger partial charge in [-0.3, -0.25) is 4.79 Å². The Morgan fingerprint density at radius 3 is 2.43 bits per heavy atom. The SMILES string of the molecule is COC(=O)c1cc(C)ccc1NC(=O)C1CCCCCC1. The second kappa shape index (κ2) is 7.25. The number of hydrogen-bond acceptors (Lipinski definition) is 3. The Morgan fingerprint density at radius 2 is 1.81 bits per heavy atom. The van der Waals surface area contributed by atoms with E-state index < -0.39 is 5.97 Å². The second-order valence-electron chi connectivity index (χ2n) is 5.72. The van der Waals surface area contributed by atoms with Crippen molar-refractivity contribution in [3.8, 4) is 0 Å². The Morgan fingerprint density at radius 1 is 1.14 bits per heavy atom. The van der Waals surface area contributed by atoms with Gasteiger partial charge in [0.15, 0.2) is 0 Å². The Hall–Kier alpha value is -1.84. The van der Waals surface area contributed by atoms with Gasteiger partial charge in [-0.05, 0) is 31.9 Å². The minimum absolute atomic E-state index is 0.0194. The fourth-order valence-corrected chi connectivity index (χ4v) is 2.82. The van der Waals surface area contributed by atoms with Crippen molar-refractivity contribution in [2.75, 3.05) is 12.4 Å². The van der Waals surface area contributed by atoms with E-state index in [9.17, 15) is 9.59 Å². The lowest BCUT2D eigenvalue weighted by Crippen LogP contribution is -2.23. The monoisotopic (exact) mass is 289 g/mol. The zero-order valence-electron chi connectivity index (χ0n) is 12.8. The molecule has 0 heterocycles. The standard InChI is InChI=1S/C17H23NO3/c1-12-9-10-15(14(11-12)17(20)21-2)18-16(19)13-7-5-3-4-6-8-13/h9-11,13H,3-8H2,1-2H3,(H,18,19). The molecule has 1 fully saturated rings. The predicted octanol–water partition coefficient (Wildman–Crippen LogP) is 3.69. The van der Waals surface area contributed by atoms with Crippen molar-refractivity contribution >= 4 is 17.6 Å². The molecule has 1 aromatic carbocycles. The summed E-state index contributed by atoms with van der Waals surface area (Å²) in [4.78, 5) is 24.2. The summed E-state index contributed by atoms with van der Waals surface area (Å²) < 4.78 is 4.79. The van der Waals surface area contributed by atoms with E-state index in [0.29, 0.717) is 11.3 Å². The molecule has 1 aliphatic carbocycles. The molecule has 2 rings (SSSR count). The molecule has 0 unspecified atom stereocenters. The number of amides is 1. The number of esters is 1. The van der Waals surface area contributed by atoms with Crippen molar-refractivity contribution in [1.29, 1.82) is 0 Å².